The van der Waals surface area contributed by atoms with E-state index in [0.29, 0.717) is 12.1 Å². The van der Waals surface area contributed by atoms with Gasteiger partial charge in [0, 0.05) is 5.56 Å². The van der Waals surface area contributed by atoms with Crippen LogP contribution in [0.4, 0.5) is 22.0 Å². The average Bonchev–Trinajstić information content (AvgIpc) is 2.44. The third-order valence-corrected chi connectivity index (χ3v) is 4.12. The van der Waals surface area contributed by atoms with Crippen LogP contribution in [0.15, 0.2) is 29.2 Å². The lowest BCUT2D eigenvalue weighted by Crippen LogP contribution is -2.43. The first-order valence-corrected chi connectivity index (χ1v) is 7.62. The molecule has 1 rings (SSSR count). The summed E-state index contributed by atoms with van der Waals surface area (Å²) in [4.78, 5) is 21.6. The van der Waals surface area contributed by atoms with Gasteiger partial charge in [-0.15, -0.1) is 0 Å². The highest BCUT2D eigenvalue weighted by Gasteiger charge is 2.36. The molecule has 0 saturated carbocycles. The lowest BCUT2D eigenvalue weighted by Gasteiger charge is -2.16. The van der Waals surface area contributed by atoms with Crippen molar-refractivity contribution in [2.24, 2.45) is 0 Å². The molecule has 0 aliphatic rings. The van der Waals surface area contributed by atoms with E-state index in [0.717, 1.165) is 12.1 Å². The predicted octanol–water partition coefficient (Wildman–Crippen LogP) is 1.82. The van der Waals surface area contributed by atoms with Gasteiger partial charge in [-0.2, -0.15) is 22.0 Å². The van der Waals surface area contributed by atoms with Gasteiger partial charge in [-0.3, -0.25) is 4.79 Å². The maximum Gasteiger partial charge on any atom is 0.391 e. The van der Waals surface area contributed by atoms with Gasteiger partial charge in [-0.1, -0.05) is 0 Å². The van der Waals surface area contributed by atoms with Gasteiger partial charge in [0.1, 0.15) is 6.04 Å². The fraction of sp³-hybridized carbons (Fsp3) is 0.333. The number of carbonyl (C=O) groups excluding carboxylic acids is 1. The van der Waals surface area contributed by atoms with Crippen LogP contribution in [0.2, 0.25) is 0 Å². The zero-order chi connectivity index (χ0) is 18.7. The molecule has 0 spiro atoms. The van der Waals surface area contributed by atoms with E-state index in [1.807, 2.05) is 0 Å². The number of carboxylic acids is 1. The third-order valence-electron chi connectivity index (χ3n) is 2.72. The molecule has 1 aromatic carbocycles. The normalized spacial score (nSPS) is 13.6. The van der Waals surface area contributed by atoms with E-state index in [9.17, 15) is 40.0 Å². The summed E-state index contributed by atoms with van der Waals surface area (Å²) in [6.07, 6.45) is -6.66. The van der Waals surface area contributed by atoms with Crippen LogP contribution in [-0.4, -0.2) is 43.4 Å². The third kappa shape index (κ3) is 5.15. The summed E-state index contributed by atoms with van der Waals surface area (Å²) < 4.78 is 83.7. The minimum Gasteiger partial charge on any atom is -0.480 e. The largest absolute Gasteiger partial charge is 0.480 e. The molecule has 0 aliphatic heterocycles. The first kappa shape index (κ1) is 19.8. The Labute approximate surface area is 132 Å². The van der Waals surface area contributed by atoms with Crippen molar-refractivity contribution in [3.8, 4) is 0 Å². The van der Waals surface area contributed by atoms with Gasteiger partial charge < -0.3 is 10.4 Å². The molecule has 0 aliphatic carbocycles. The number of hydrogen-bond acceptors (Lipinski definition) is 4. The van der Waals surface area contributed by atoms with E-state index in [1.54, 1.807) is 5.32 Å². The van der Waals surface area contributed by atoms with Crippen LogP contribution in [0.3, 0.4) is 0 Å². The van der Waals surface area contributed by atoms with Crippen molar-refractivity contribution < 1.29 is 45.1 Å². The summed E-state index contributed by atoms with van der Waals surface area (Å²) in [5.74, 6) is -6.83. The molecule has 12 heteroatoms. The molecule has 0 radical (unpaired) electrons. The quantitative estimate of drug-likeness (QED) is 0.739. The van der Waals surface area contributed by atoms with Crippen molar-refractivity contribution >= 4 is 21.7 Å². The van der Waals surface area contributed by atoms with Crippen molar-refractivity contribution in [1.29, 1.82) is 0 Å². The molecule has 24 heavy (non-hydrogen) atoms. The van der Waals surface area contributed by atoms with E-state index < -0.39 is 56.6 Å². The Bertz CT molecular complexity index is 714. The Morgan fingerprint density at radius 3 is 2.00 bits per heavy atom. The smallest absolute Gasteiger partial charge is 0.391 e. The summed E-state index contributed by atoms with van der Waals surface area (Å²) in [5.41, 5.74) is -0.392. The van der Waals surface area contributed by atoms with Crippen molar-refractivity contribution in [1.82, 2.24) is 5.32 Å². The number of benzene rings is 1. The number of amides is 1. The first-order valence-electron chi connectivity index (χ1n) is 6.07. The van der Waals surface area contributed by atoms with Crippen molar-refractivity contribution in [2.75, 3.05) is 0 Å². The number of rotatable bonds is 6. The summed E-state index contributed by atoms with van der Waals surface area (Å²) >= 11 is 0. The Balaban J connectivity index is 2.94. The lowest BCUT2D eigenvalue weighted by molar-refractivity contribution is -0.157. The van der Waals surface area contributed by atoms with E-state index >= 15 is 0 Å². The van der Waals surface area contributed by atoms with Gasteiger partial charge in [0.05, 0.1) is 11.3 Å². The Morgan fingerprint density at radius 1 is 1.12 bits per heavy atom. The Morgan fingerprint density at radius 2 is 1.62 bits per heavy atom. The van der Waals surface area contributed by atoms with Crippen LogP contribution in [-0.2, 0) is 14.6 Å². The fourth-order valence-electron chi connectivity index (χ4n) is 1.57. The molecular weight excluding hydrogens is 365 g/mol. The zero-order valence-corrected chi connectivity index (χ0v) is 12.4. The maximum atomic E-state index is 12.3. The van der Waals surface area contributed by atoms with E-state index in [-0.39, 0.29) is 0 Å². The SMILES string of the molecule is O=C(NC(CC(F)(F)F)C(=O)O)c1ccc(S(=O)(=O)C(F)F)cc1. The van der Waals surface area contributed by atoms with Crippen LogP contribution in [0.1, 0.15) is 16.8 Å². The number of nitrogens with one attached hydrogen (secondary N) is 1. The number of alkyl halides is 5. The molecule has 0 saturated heterocycles. The molecule has 1 amide bonds. The number of carbonyl (C=O) groups is 2. The van der Waals surface area contributed by atoms with Crippen LogP contribution >= 0.6 is 0 Å². The molecule has 2 N–H and O–H groups in total. The standard InChI is InChI=1S/C12H10F5NO5S/c13-11(14)24(22,23)7-3-1-6(2-4-7)9(19)18-8(10(20)21)5-12(15,16)17/h1-4,8,11H,5H2,(H,18,19)(H,20,21). The highest BCUT2D eigenvalue weighted by Crippen LogP contribution is 2.22. The van der Waals surface area contributed by atoms with E-state index in [2.05, 4.69) is 0 Å². The predicted molar refractivity (Wildman–Crippen MR) is 69.2 cm³/mol. The summed E-state index contributed by atoms with van der Waals surface area (Å²) in [5, 5.41) is 10.3. The van der Waals surface area contributed by atoms with Gasteiger partial charge >= 0.3 is 17.9 Å². The van der Waals surface area contributed by atoms with Crippen molar-refractivity contribution in [2.45, 2.75) is 29.3 Å². The number of halogens is 5. The molecule has 0 aromatic heterocycles. The second-order valence-corrected chi connectivity index (χ2v) is 6.43. The molecule has 134 valence electrons. The zero-order valence-electron chi connectivity index (χ0n) is 11.5. The fourth-order valence-corrected chi connectivity index (χ4v) is 2.29. The second kappa shape index (κ2) is 7.11. The molecular formula is C12H10F5NO5S. The number of sulfone groups is 1. The van der Waals surface area contributed by atoms with Crippen molar-refractivity contribution in [3.05, 3.63) is 29.8 Å². The highest BCUT2D eigenvalue weighted by molar-refractivity contribution is 7.91. The van der Waals surface area contributed by atoms with Gasteiger partial charge in [0.2, 0.25) is 9.84 Å². The molecule has 1 unspecified atom stereocenters. The summed E-state index contributed by atoms with van der Waals surface area (Å²) in [6, 6.07) is 0.627. The second-order valence-electron chi connectivity index (χ2n) is 4.51. The highest BCUT2D eigenvalue weighted by atomic mass is 32.2. The van der Waals surface area contributed by atoms with Gasteiger partial charge in [0.25, 0.3) is 5.91 Å². The maximum absolute atomic E-state index is 12.3. The Kier molecular flexibility index (Phi) is 5.87. The average molecular weight is 375 g/mol. The molecule has 1 atom stereocenters. The van der Waals surface area contributed by atoms with Crippen LogP contribution in [0.5, 0.6) is 0 Å². The van der Waals surface area contributed by atoms with Gasteiger partial charge in [-0.25, -0.2) is 13.2 Å². The minimum absolute atomic E-state index is 0.392. The van der Waals surface area contributed by atoms with Crippen LogP contribution in [0.25, 0.3) is 0 Å². The van der Waals surface area contributed by atoms with E-state index in [4.69, 9.17) is 5.11 Å². The molecule has 0 bridgehead atoms. The van der Waals surface area contributed by atoms with E-state index in [1.165, 1.54) is 0 Å². The monoisotopic (exact) mass is 375 g/mol. The first-order chi connectivity index (χ1) is 10.8. The lowest BCUT2D eigenvalue weighted by atomic mass is 10.1. The van der Waals surface area contributed by atoms with Crippen LogP contribution < -0.4 is 5.32 Å². The topological polar surface area (TPSA) is 101 Å². The Hall–Kier alpha value is -2.24. The van der Waals surface area contributed by atoms with Crippen LogP contribution in [0, 0.1) is 0 Å². The number of hydrogen-bond donors (Lipinski definition) is 2. The van der Waals surface area contributed by atoms with Gasteiger partial charge in [0.15, 0.2) is 0 Å². The van der Waals surface area contributed by atoms with Crippen molar-refractivity contribution in [3.63, 3.8) is 0 Å². The van der Waals surface area contributed by atoms with Gasteiger partial charge in [-0.05, 0) is 24.3 Å². The minimum atomic E-state index is -4.89. The summed E-state index contributed by atoms with van der Waals surface area (Å²) in [7, 11) is -4.89. The number of carboxylic acid groups (broad SMARTS) is 1. The molecule has 0 fully saturated rings. The summed E-state index contributed by atoms with van der Waals surface area (Å²) in [6.45, 7) is 0. The molecule has 1 aromatic rings. The molecule has 6 nitrogen and oxygen atoms in total. The molecule has 0 heterocycles. The number of aliphatic carboxylic acids is 1.